The van der Waals surface area contributed by atoms with Gasteiger partial charge in [-0.25, -0.2) is 0 Å². The average molecular weight is 236 g/mol. The molecule has 0 fully saturated rings. The molecule has 1 rings (SSSR count). The predicted octanol–water partition coefficient (Wildman–Crippen LogP) is 3.60. The van der Waals surface area contributed by atoms with Crippen LogP contribution in [0.5, 0.6) is 5.75 Å². The van der Waals surface area contributed by atoms with Crippen LogP contribution in [0.25, 0.3) is 0 Å². The highest BCUT2D eigenvalue weighted by Gasteiger charge is 2.20. The Hall–Kier alpha value is -1.06. The largest absolute Gasteiger partial charge is 0.497 e. The molecule has 0 aliphatic rings. The molecule has 2 nitrogen and oxygen atoms in total. The van der Waals surface area contributed by atoms with Gasteiger partial charge in [-0.15, -0.1) is 6.58 Å². The van der Waals surface area contributed by atoms with E-state index in [4.69, 9.17) is 9.16 Å². The van der Waals surface area contributed by atoms with Gasteiger partial charge in [0, 0.05) is 0 Å². The fraction of sp³-hybridized carbons (Fsp3) is 0.385. The van der Waals surface area contributed by atoms with Crippen LogP contribution in [-0.2, 0) is 11.0 Å². The topological polar surface area (TPSA) is 18.5 Å². The van der Waals surface area contributed by atoms with E-state index in [1.807, 2.05) is 30.3 Å². The molecule has 0 heterocycles. The van der Waals surface area contributed by atoms with Gasteiger partial charge in [-0.1, -0.05) is 18.2 Å². The monoisotopic (exact) mass is 236 g/mol. The zero-order chi connectivity index (χ0) is 12.0. The second kappa shape index (κ2) is 5.87. The third-order valence-corrected chi connectivity index (χ3v) is 4.62. The Kier molecular flexibility index (Phi) is 4.77. The van der Waals surface area contributed by atoms with Crippen LogP contribution in [-0.4, -0.2) is 15.4 Å². The van der Waals surface area contributed by atoms with Gasteiger partial charge >= 0.3 is 0 Å². The number of methoxy groups -OCH3 is 1. The number of allylic oxidation sites excluding steroid dienone is 1. The third-order valence-electron chi connectivity index (χ3n) is 2.42. The first kappa shape index (κ1) is 13.0. The molecule has 1 aromatic carbocycles. The SMILES string of the molecule is C=CC[Si](C)(C)OCc1ccc(OC)cc1. The number of hydrogen-bond acceptors (Lipinski definition) is 2. The van der Waals surface area contributed by atoms with Crippen molar-refractivity contribution in [3.8, 4) is 5.75 Å². The Morgan fingerprint density at radius 1 is 1.25 bits per heavy atom. The Morgan fingerprint density at radius 2 is 1.88 bits per heavy atom. The maximum Gasteiger partial charge on any atom is 0.190 e. The molecule has 1 aromatic rings. The molecule has 0 radical (unpaired) electrons. The van der Waals surface area contributed by atoms with Crippen LogP contribution in [0, 0.1) is 0 Å². The third kappa shape index (κ3) is 4.21. The minimum atomic E-state index is -1.56. The van der Waals surface area contributed by atoms with Crippen LogP contribution in [0.15, 0.2) is 36.9 Å². The molecule has 0 atom stereocenters. The van der Waals surface area contributed by atoms with E-state index in [2.05, 4.69) is 19.7 Å². The molecule has 0 aliphatic heterocycles. The second-order valence-electron chi connectivity index (χ2n) is 4.39. The maximum atomic E-state index is 5.96. The van der Waals surface area contributed by atoms with Gasteiger partial charge in [-0.05, 0) is 36.8 Å². The molecule has 0 aliphatic carbocycles. The molecule has 0 aromatic heterocycles. The fourth-order valence-corrected chi connectivity index (χ4v) is 2.78. The van der Waals surface area contributed by atoms with E-state index in [1.165, 1.54) is 5.56 Å². The van der Waals surface area contributed by atoms with E-state index in [1.54, 1.807) is 7.11 Å². The van der Waals surface area contributed by atoms with Crippen molar-refractivity contribution in [1.29, 1.82) is 0 Å². The predicted molar refractivity (Wildman–Crippen MR) is 70.3 cm³/mol. The van der Waals surface area contributed by atoms with Crippen molar-refractivity contribution >= 4 is 8.32 Å². The summed E-state index contributed by atoms with van der Waals surface area (Å²) in [4.78, 5) is 0. The summed E-state index contributed by atoms with van der Waals surface area (Å²) < 4.78 is 11.1. The maximum absolute atomic E-state index is 5.96. The minimum absolute atomic E-state index is 0.678. The van der Waals surface area contributed by atoms with E-state index in [0.717, 1.165) is 11.8 Å². The highest BCUT2D eigenvalue weighted by atomic mass is 28.4. The summed E-state index contributed by atoms with van der Waals surface area (Å²) in [5.74, 6) is 0.881. The van der Waals surface area contributed by atoms with Gasteiger partial charge in [-0.2, -0.15) is 0 Å². The summed E-state index contributed by atoms with van der Waals surface area (Å²) in [5.41, 5.74) is 1.19. The summed E-state index contributed by atoms with van der Waals surface area (Å²) in [6, 6.07) is 8.99. The lowest BCUT2D eigenvalue weighted by Crippen LogP contribution is -2.28. The van der Waals surface area contributed by atoms with E-state index < -0.39 is 8.32 Å². The molecule has 0 N–H and O–H groups in total. The lowest BCUT2D eigenvalue weighted by atomic mass is 10.2. The van der Waals surface area contributed by atoms with Crippen molar-refractivity contribution in [3.63, 3.8) is 0 Å². The summed E-state index contributed by atoms with van der Waals surface area (Å²) in [6.45, 7) is 8.85. The zero-order valence-corrected chi connectivity index (χ0v) is 11.3. The van der Waals surface area contributed by atoms with Crippen molar-refractivity contribution in [2.75, 3.05) is 7.11 Å². The molecule has 3 heteroatoms. The normalized spacial score (nSPS) is 11.2. The van der Waals surface area contributed by atoms with Crippen LogP contribution in [0.1, 0.15) is 5.56 Å². The van der Waals surface area contributed by atoms with Gasteiger partial charge in [0.05, 0.1) is 13.7 Å². The summed E-state index contributed by atoms with van der Waals surface area (Å²) in [7, 11) is 0.115. The molecule has 0 unspecified atom stereocenters. The lowest BCUT2D eigenvalue weighted by Gasteiger charge is -2.21. The lowest BCUT2D eigenvalue weighted by molar-refractivity contribution is 0.296. The first-order valence-electron chi connectivity index (χ1n) is 5.45. The van der Waals surface area contributed by atoms with E-state index in [9.17, 15) is 0 Å². The second-order valence-corrected chi connectivity index (χ2v) is 8.61. The van der Waals surface area contributed by atoms with Crippen molar-refractivity contribution in [1.82, 2.24) is 0 Å². The number of ether oxygens (including phenoxy) is 1. The van der Waals surface area contributed by atoms with Gasteiger partial charge < -0.3 is 9.16 Å². The first-order valence-corrected chi connectivity index (χ1v) is 8.57. The summed E-state index contributed by atoms with van der Waals surface area (Å²) in [5, 5.41) is 0. The molecule has 88 valence electrons. The average Bonchev–Trinajstić information content (AvgIpc) is 2.27. The highest BCUT2D eigenvalue weighted by Crippen LogP contribution is 2.16. The van der Waals surface area contributed by atoms with Crippen LogP contribution >= 0.6 is 0 Å². The highest BCUT2D eigenvalue weighted by molar-refractivity contribution is 6.71. The molecule has 16 heavy (non-hydrogen) atoms. The van der Waals surface area contributed by atoms with Gasteiger partial charge in [0.2, 0.25) is 0 Å². The number of rotatable bonds is 6. The van der Waals surface area contributed by atoms with Crippen molar-refractivity contribution in [3.05, 3.63) is 42.5 Å². The number of hydrogen-bond donors (Lipinski definition) is 0. The van der Waals surface area contributed by atoms with Crippen LogP contribution in [0.3, 0.4) is 0 Å². The van der Waals surface area contributed by atoms with Gasteiger partial charge in [0.15, 0.2) is 8.32 Å². The Bertz CT molecular complexity index is 330. The minimum Gasteiger partial charge on any atom is -0.497 e. The molecule has 0 amide bonds. The van der Waals surface area contributed by atoms with Crippen LogP contribution in [0.2, 0.25) is 19.1 Å². The molecular weight excluding hydrogens is 216 g/mol. The van der Waals surface area contributed by atoms with Gasteiger partial charge in [0.25, 0.3) is 0 Å². The van der Waals surface area contributed by atoms with Crippen molar-refractivity contribution in [2.24, 2.45) is 0 Å². The van der Waals surface area contributed by atoms with E-state index >= 15 is 0 Å². The first-order chi connectivity index (χ1) is 7.57. The summed E-state index contributed by atoms with van der Waals surface area (Å²) >= 11 is 0. The fourth-order valence-electron chi connectivity index (χ4n) is 1.41. The van der Waals surface area contributed by atoms with Crippen molar-refractivity contribution in [2.45, 2.75) is 25.7 Å². The Labute approximate surface area is 99.0 Å². The van der Waals surface area contributed by atoms with Gasteiger partial charge in [0.1, 0.15) is 5.75 Å². The van der Waals surface area contributed by atoms with Crippen LogP contribution < -0.4 is 4.74 Å². The molecular formula is C13H20O2Si. The number of benzene rings is 1. The van der Waals surface area contributed by atoms with Crippen molar-refractivity contribution < 1.29 is 9.16 Å². The molecule has 0 spiro atoms. The molecule has 0 saturated carbocycles. The van der Waals surface area contributed by atoms with Crippen LogP contribution in [0.4, 0.5) is 0 Å². The van der Waals surface area contributed by atoms with E-state index in [0.29, 0.717) is 6.61 Å². The Balaban J connectivity index is 2.50. The quantitative estimate of drug-likeness (QED) is 0.555. The zero-order valence-electron chi connectivity index (χ0n) is 10.3. The molecule has 0 saturated heterocycles. The molecule has 0 bridgehead atoms. The smallest absolute Gasteiger partial charge is 0.190 e. The summed E-state index contributed by atoms with van der Waals surface area (Å²) in [6.07, 6.45) is 1.94. The van der Waals surface area contributed by atoms with E-state index in [-0.39, 0.29) is 0 Å². The Morgan fingerprint density at radius 3 is 2.38 bits per heavy atom. The van der Waals surface area contributed by atoms with Gasteiger partial charge in [-0.3, -0.25) is 0 Å². The standard InChI is InChI=1S/C13H20O2Si/c1-5-10-16(3,4)15-11-12-6-8-13(14-2)9-7-12/h5-9H,1,10-11H2,2-4H3.